The second kappa shape index (κ2) is 8.64. The van der Waals surface area contributed by atoms with Crippen LogP contribution in [0.25, 0.3) is 0 Å². The number of nitrogens with zero attached hydrogens (tertiary/aromatic N) is 3. The van der Waals surface area contributed by atoms with Gasteiger partial charge in [-0.05, 0) is 12.1 Å². The maximum absolute atomic E-state index is 14.5. The minimum Gasteiger partial charge on any atom is -0.383 e. The molecule has 0 aliphatic rings. The Balaban J connectivity index is 1.91. The lowest BCUT2D eigenvalue weighted by Crippen LogP contribution is -2.24. The van der Waals surface area contributed by atoms with Crippen LogP contribution in [0.4, 0.5) is 20.3 Å². The van der Waals surface area contributed by atoms with Gasteiger partial charge in [-0.25, -0.2) is 18.7 Å². The third kappa shape index (κ3) is 4.24. The smallest absolute Gasteiger partial charge is 0.258 e. The Kier molecular flexibility index (Phi) is 6.01. The molecule has 0 aliphatic heterocycles. The van der Waals surface area contributed by atoms with Crippen molar-refractivity contribution in [2.45, 2.75) is 6.54 Å². The zero-order valence-electron chi connectivity index (χ0n) is 16.4. The molecule has 0 radical (unpaired) electrons. The van der Waals surface area contributed by atoms with E-state index in [1.165, 1.54) is 35.4 Å². The Bertz CT molecular complexity index is 1120. The fraction of sp³-hybridized carbons (Fsp3) is 0.143. The molecule has 0 atom stereocenters. The zero-order chi connectivity index (χ0) is 21.8. The summed E-state index contributed by atoms with van der Waals surface area (Å²) in [5, 5.41) is 11.3. The molecule has 0 aliphatic carbocycles. The fourth-order valence-corrected chi connectivity index (χ4v) is 2.78. The third-order valence-corrected chi connectivity index (χ3v) is 4.37. The minimum absolute atomic E-state index is 0.0152. The van der Waals surface area contributed by atoms with E-state index in [-0.39, 0.29) is 46.6 Å². The molecule has 0 bridgehead atoms. The monoisotopic (exact) mass is 410 g/mol. The number of nitrogens with two attached hydrogens (primary N) is 1. The average Bonchev–Trinajstić information content (AvgIpc) is 2.72. The Labute approximate surface area is 172 Å². The molecule has 30 heavy (non-hydrogen) atoms. The first kappa shape index (κ1) is 20.8. The van der Waals surface area contributed by atoms with Crippen molar-refractivity contribution >= 4 is 23.1 Å². The highest BCUT2D eigenvalue weighted by molar-refractivity contribution is 6.12. The molecular weight excluding hydrogens is 390 g/mol. The number of carbonyl (C=O) groups excluding carboxylic acids is 1. The van der Waals surface area contributed by atoms with E-state index < -0.39 is 11.6 Å². The first-order chi connectivity index (χ1) is 14.3. The van der Waals surface area contributed by atoms with E-state index in [9.17, 15) is 13.6 Å². The van der Waals surface area contributed by atoms with Crippen LogP contribution in [0.2, 0.25) is 0 Å². The van der Waals surface area contributed by atoms with E-state index in [0.717, 1.165) is 0 Å². The van der Waals surface area contributed by atoms with E-state index in [4.69, 9.17) is 11.1 Å². The molecule has 0 unspecified atom stereocenters. The summed E-state index contributed by atoms with van der Waals surface area (Å²) >= 11 is 0. The van der Waals surface area contributed by atoms with Crippen LogP contribution in [-0.2, 0) is 6.54 Å². The number of anilines is 2. The van der Waals surface area contributed by atoms with Crippen molar-refractivity contribution in [1.82, 2.24) is 14.9 Å². The average molecular weight is 410 g/mol. The minimum atomic E-state index is -0.610. The molecule has 4 N–H and O–H groups in total. The predicted octanol–water partition coefficient (Wildman–Crippen LogP) is 3.07. The Hall–Kier alpha value is -3.88. The molecule has 3 aromatic rings. The molecule has 0 saturated heterocycles. The number of nitrogens with one attached hydrogen (secondary N) is 2. The summed E-state index contributed by atoms with van der Waals surface area (Å²) in [5.74, 6) is -1.55. The highest BCUT2D eigenvalue weighted by Crippen LogP contribution is 2.24. The number of hydrogen-bond acceptors (Lipinski definition) is 6. The van der Waals surface area contributed by atoms with Gasteiger partial charge < -0.3 is 16.0 Å². The van der Waals surface area contributed by atoms with Crippen LogP contribution in [-0.4, -0.2) is 40.6 Å². The molecule has 3 rings (SSSR count). The van der Waals surface area contributed by atoms with Crippen molar-refractivity contribution in [2.75, 3.05) is 25.1 Å². The van der Waals surface area contributed by atoms with Crippen molar-refractivity contribution in [3.8, 4) is 0 Å². The van der Waals surface area contributed by atoms with Crippen LogP contribution in [0.1, 0.15) is 27.3 Å². The van der Waals surface area contributed by atoms with E-state index in [1.807, 2.05) is 0 Å². The standard InChI is InChI=1S/C21H20F2N6O/c1-29(2)21(30)14-11-27-20(28-19(14)25)17(24)13-7-5-9-16(23)18(13)26-10-12-6-3-4-8-15(12)22/h3-9,11,24,26H,10H2,1-2H3,(H2,25,27,28). The van der Waals surface area contributed by atoms with Crippen LogP contribution in [0.5, 0.6) is 0 Å². The van der Waals surface area contributed by atoms with Gasteiger partial charge in [0, 0.05) is 38.0 Å². The van der Waals surface area contributed by atoms with Crippen LogP contribution in [0.15, 0.2) is 48.7 Å². The largest absolute Gasteiger partial charge is 0.383 e. The lowest BCUT2D eigenvalue weighted by molar-refractivity contribution is 0.0828. The van der Waals surface area contributed by atoms with Gasteiger partial charge in [-0.1, -0.05) is 30.3 Å². The summed E-state index contributed by atoms with van der Waals surface area (Å²) in [7, 11) is 3.13. The van der Waals surface area contributed by atoms with Gasteiger partial charge >= 0.3 is 0 Å². The first-order valence-corrected chi connectivity index (χ1v) is 8.98. The topological polar surface area (TPSA) is 108 Å². The highest BCUT2D eigenvalue weighted by atomic mass is 19.1. The van der Waals surface area contributed by atoms with Crippen LogP contribution in [0.3, 0.4) is 0 Å². The molecule has 9 heteroatoms. The molecule has 2 aromatic carbocycles. The van der Waals surface area contributed by atoms with E-state index in [1.54, 1.807) is 32.3 Å². The van der Waals surface area contributed by atoms with Crippen LogP contribution < -0.4 is 11.1 Å². The number of nitrogen functional groups attached to an aromatic ring is 1. The van der Waals surface area contributed by atoms with Gasteiger partial charge in [-0.3, -0.25) is 10.2 Å². The van der Waals surface area contributed by atoms with E-state index in [2.05, 4.69) is 15.3 Å². The molecule has 0 saturated carbocycles. The number of aromatic nitrogens is 2. The van der Waals surface area contributed by atoms with Gasteiger partial charge in [0.2, 0.25) is 0 Å². The Morgan fingerprint density at radius 1 is 1.10 bits per heavy atom. The van der Waals surface area contributed by atoms with Crippen molar-refractivity contribution in [2.24, 2.45) is 0 Å². The number of amides is 1. The number of para-hydroxylation sites is 1. The Morgan fingerprint density at radius 3 is 2.47 bits per heavy atom. The number of hydrogen-bond donors (Lipinski definition) is 3. The first-order valence-electron chi connectivity index (χ1n) is 8.98. The lowest BCUT2D eigenvalue weighted by atomic mass is 10.1. The van der Waals surface area contributed by atoms with Crippen molar-refractivity contribution in [1.29, 1.82) is 5.41 Å². The summed E-state index contributed by atoms with van der Waals surface area (Å²) in [6.07, 6.45) is 1.24. The Morgan fingerprint density at radius 2 is 1.80 bits per heavy atom. The second-order valence-corrected chi connectivity index (χ2v) is 6.67. The van der Waals surface area contributed by atoms with Crippen molar-refractivity contribution in [3.05, 3.63) is 82.8 Å². The molecule has 1 amide bonds. The molecule has 1 aromatic heterocycles. The van der Waals surface area contributed by atoms with Crippen molar-refractivity contribution in [3.63, 3.8) is 0 Å². The molecule has 154 valence electrons. The van der Waals surface area contributed by atoms with Crippen LogP contribution in [0, 0.1) is 17.0 Å². The van der Waals surface area contributed by atoms with E-state index >= 15 is 0 Å². The number of benzene rings is 2. The van der Waals surface area contributed by atoms with Crippen molar-refractivity contribution < 1.29 is 13.6 Å². The summed E-state index contributed by atoms with van der Waals surface area (Å²) in [6.45, 7) is 0.0210. The van der Waals surface area contributed by atoms with E-state index in [0.29, 0.717) is 5.56 Å². The summed E-state index contributed by atoms with van der Waals surface area (Å²) in [4.78, 5) is 21.5. The lowest BCUT2D eigenvalue weighted by Gasteiger charge is -2.15. The zero-order valence-corrected chi connectivity index (χ0v) is 16.4. The molecule has 7 nitrogen and oxygen atoms in total. The second-order valence-electron chi connectivity index (χ2n) is 6.67. The maximum atomic E-state index is 14.5. The number of halogens is 2. The van der Waals surface area contributed by atoms with Gasteiger partial charge in [0.25, 0.3) is 5.91 Å². The summed E-state index contributed by atoms with van der Waals surface area (Å²) < 4.78 is 28.4. The van der Waals surface area contributed by atoms with Gasteiger partial charge in [0.05, 0.1) is 5.69 Å². The molecule has 0 spiro atoms. The maximum Gasteiger partial charge on any atom is 0.258 e. The van der Waals surface area contributed by atoms with Gasteiger partial charge in [-0.15, -0.1) is 0 Å². The normalized spacial score (nSPS) is 10.5. The van der Waals surface area contributed by atoms with Gasteiger partial charge in [-0.2, -0.15) is 0 Å². The van der Waals surface area contributed by atoms with Gasteiger partial charge in [0.15, 0.2) is 5.82 Å². The highest BCUT2D eigenvalue weighted by Gasteiger charge is 2.19. The van der Waals surface area contributed by atoms with Crippen LogP contribution >= 0.6 is 0 Å². The van der Waals surface area contributed by atoms with Gasteiger partial charge in [0.1, 0.15) is 28.7 Å². The fourth-order valence-electron chi connectivity index (χ4n) is 2.78. The molecule has 0 fully saturated rings. The third-order valence-electron chi connectivity index (χ3n) is 4.37. The molecular formula is C21H20F2N6O. The number of rotatable bonds is 6. The predicted molar refractivity (Wildman–Crippen MR) is 111 cm³/mol. The quantitative estimate of drug-likeness (QED) is 0.542. The molecule has 1 heterocycles. The SMILES string of the molecule is CN(C)C(=O)c1cnc(C(=N)c2cccc(F)c2NCc2ccccc2F)nc1N. The summed E-state index contributed by atoms with van der Waals surface area (Å²) in [5.41, 5.74) is 6.33. The number of carbonyl (C=O) groups is 1. The summed E-state index contributed by atoms with van der Waals surface area (Å²) in [6, 6.07) is 10.3.